The Labute approximate surface area is 113 Å². The zero-order valence-corrected chi connectivity index (χ0v) is 10.9. The first-order chi connectivity index (χ1) is 9.28. The summed E-state index contributed by atoms with van der Waals surface area (Å²) < 4.78 is 11.1. The van der Waals surface area contributed by atoms with Crippen LogP contribution in [0.4, 0.5) is 5.69 Å². The van der Waals surface area contributed by atoms with Gasteiger partial charge < -0.3 is 14.9 Å². The molecule has 19 heavy (non-hydrogen) atoms. The molecule has 4 nitrogen and oxygen atoms in total. The van der Waals surface area contributed by atoms with Gasteiger partial charge in [-0.3, -0.25) is 5.84 Å². The van der Waals surface area contributed by atoms with Gasteiger partial charge in [-0.2, -0.15) is 0 Å². The first-order valence-corrected chi connectivity index (χ1v) is 6.17. The molecule has 0 fully saturated rings. The highest BCUT2D eigenvalue weighted by molar-refractivity contribution is 5.45. The molecule has 0 atom stereocenters. The third-order valence-corrected chi connectivity index (χ3v) is 2.66. The minimum Gasteiger partial charge on any atom is -0.490 e. The summed E-state index contributed by atoms with van der Waals surface area (Å²) in [6.07, 6.45) is 0. The maximum absolute atomic E-state index is 5.57. The molecular formula is C15H18N2O2. The van der Waals surface area contributed by atoms with Crippen molar-refractivity contribution in [2.75, 3.05) is 18.6 Å². The average molecular weight is 258 g/mol. The van der Waals surface area contributed by atoms with E-state index in [4.69, 9.17) is 15.3 Å². The zero-order chi connectivity index (χ0) is 13.5. The lowest BCUT2D eigenvalue weighted by atomic mass is 10.2. The fourth-order valence-corrected chi connectivity index (χ4v) is 1.60. The van der Waals surface area contributed by atoms with Gasteiger partial charge in [0.05, 0.1) is 0 Å². The lowest BCUT2D eigenvalue weighted by molar-refractivity contribution is 0.217. The maximum Gasteiger partial charge on any atom is 0.122 e. The molecule has 2 rings (SSSR count). The van der Waals surface area contributed by atoms with E-state index in [-0.39, 0.29) is 0 Å². The summed E-state index contributed by atoms with van der Waals surface area (Å²) >= 11 is 0. The molecule has 4 heteroatoms. The van der Waals surface area contributed by atoms with E-state index in [0.717, 1.165) is 17.2 Å². The Kier molecular flexibility index (Phi) is 4.64. The van der Waals surface area contributed by atoms with Gasteiger partial charge in [0.2, 0.25) is 0 Å². The Hall–Kier alpha value is -2.20. The Bertz CT molecular complexity index is 495. The molecule has 0 amide bonds. The molecule has 0 saturated carbocycles. The van der Waals surface area contributed by atoms with Crippen molar-refractivity contribution in [1.82, 2.24) is 0 Å². The Morgan fingerprint density at radius 2 is 1.32 bits per heavy atom. The molecule has 0 spiro atoms. The molecule has 0 unspecified atom stereocenters. The highest BCUT2D eigenvalue weighted by Gasteiger charge is 1.96. The Morgan fingerprint density at radius 1 is 0.842 bits per heavy atom. The second-order valence-electron chi connectivity index (χ2n) is 4.18. The highest BCUT2D eigenvalue weighted by atomic mass is 16.5. The first kappa shape index (κ1) is 13.2. The quantitative estimate of drug-likeness (QED) is 0.475. The van der Waals surface area contributed by atoms with Crippen LogP contribution in [-0.2, 0) is 0 Å². The van der Waals surface area contributed by atoms with Crippen LogP contribution in [0.1, 0.15) is 5.56 Å². The van der Waals surface area contributed by atoms with Gasteiger partial charge in [0.15, 0.2) is 0 Å². The minimum atomic E-state index is 0.503. The largest absolute Gasteiger partial charge is 0.490 e. The van der Waals surface area contributed by atoms with Crippen molar-refractivity contribution < 1.29 is 9.47 Å². The van der Waals surface area contributed by atoms with E-state index in [1.54, 1.807) is 0 Å². The van der Waals surface area contributed by atoms with Gasteiger partial charge in [-0.15, -0.1) is 0 Å². The van der Waals surface area contributed by atoms with E-state index in [1.807, 2.05) is 55.5 Å². The number of hydrazine groups is 1. The summed E-state index contributed by atoms with van der Waals surface area (Å²) in [6.45, 7) is 3.07. The molecule has 0 radical (unpaired) electrons. The normalized spacial score (nSPS) is 10.0. The summed E-state index contributed by atoms with van der Waals surface area (Å²) in [5.41, 5.74) is 4.64. The molecular weight excluding hydrogens is 240 g/mol. The second-order valence-corrected chi connectivity index (χ2v) is 4.18. The van der Waals surface area contributed by atoms with Crippen molar-refractivity contribution in [3.05, 3.63) is 54.1 Å². The third kappa shape index (κ3) is 4.19. The Balaban J connectivity index is 1.72. The molecule has 0 heterocycles. The lowest BCUT2D eigenvalue weighted by Gasteiger charge is -2.09. The van der Waals surface area contributed by atoms with Crippen LogP contribution in [0.2, 0.25) is 0 Å². The number of anilines is 1. The van der Waals surface area contributed by atoms with Crippen LogP contribution in [0.25, 0.3) is 0 Å². The van der Waals surface area contributed by atoms with E-state index >= 15 is 0 Å². The fourth-order valence-electron chi connectivity index (χ4n) is 1.60. The third-order valence-electron chi connectivity index (χ3n) is 2.66. The minimum absolute atomic E-state index is 0.503. The molecule has 0 aliphatic rings. The predicted molar refractivity (Wildman–Crippen MR) is 76.4 cm³/mol. The molecule has 0 bridgehead atoms. The number of nitrogens with one attached hydrogen (secondary N) is 1. The van der Waals surface area contributed by atoms with Crippen molar-refractivity contribution in [3.63, 3.8) is 0 Å². The standard InChI is InChI=1S/C15H18N2O2/c1-12-2-6-14(7-3-12)18-10-11-19-15-8-4-13(17-16)5-9-15/h2-9,17H,10-11,16H2,1H3. The summed E-state index contributed by atoms with van der Waals surface area (Å²) in [6, 6.07) is 15.4. The van der Waals surface area contributed by atoms with Crippen LogP contribution in [-0.4, -0.2) is 13.2 Å². The van der Waals surface area contributed by atoms with Crippen LogP contribution >= 0.6 is 0 Å². The van der Waals surface area contributed by atoms with E-state index in [2.05, 4.69) is 5.43 Å². The predicted octanol–water partition coefficient (Wildman–Crippen LogP) is 2.74. The molecule has 2 aromatic carbocycles. The smallest absolute Gasteiger partial charge is 0.122 e. The second kappa shape index (κ2) is 6.66. The number of nitrogen functional groups attached to an aromatic ring is 1. The maximum atomic E-state index is 5.57. The highest BCUT2D eigenvalue weighted by Crippen LogP contribution is 2.15. The molecule has 0 aliphatic heterocycles. The average Bonchev–Trinajstić information content (AvgIpc) is 2.46. The van der Waals surface area contributed by atoms with Gasteiger partial charge >= 0.3 is 0 Å². The van der Waals surface area contributed by atoms with Gasteiger partial charge in [0.1, 0.15) is 24.7 Å². The molecule has 3 N–H and O–H groups in total. The molecule has 100 valence electrons. The van der Waals surface area contributed by atoms with Crippen molar-refractivity contribution in [2.24, 2.45) is 5.84 Å². The zero-order valence-electron chi connectivity index (χ0n) is 10.9. The van der Waals surface area contributed by atoms with Crippen LogP contribution < -0.4 is 20.7 Å². The van der Waals surface area contributed by atoms with Gasteiger partial charge in [-0.1, -0.05) is 17.7 Å². The summed E-state index contributed by atoms with van der Waals surface area (Å²) in [5.74, 6) is 6.94. The molecule has 2 aromatic rings. The van der Waals surface area contributed by atoms with E-state index in [0.29, 0.717) is 13.2 Å². The number of aryl methyl sites for hydroxylation is 1. The van der Waals surface area contributed by atoms with Gasteiger partial charge in [0, 0.05) is 5.69 Å². The number of benzene rings is 2. The number of hydrogen-bond acceptors (Lipinski definition) is 4. The van der Waals surface area contributed by atoms with Gasteiger partial charge in [0.25, 0.3) is 0 Å². The molecule has 0 aliphatic carbocycles. The topological polar surface area (TPSA) is 56.5 Å². The van der Waals surface area contributed by atoms with Gasteiger partial charge in [-0.05, 0) is 43.3 Å². The van der Waals surface area contributed by atoms with E-state index in [9.17, 15) is 0 Å². The summed E-state index contributed by atoms with van der Waals surface area (Å²) in [7, 11) is 0. The summed E-state index contributed by atoms with van der Waals surface area (Å²) in [4.78, 5) is 0. The first-order valence-electron chi connectivity index (χ1n) is 6.17. The molecule has 0 aromatic heterocycles. The summed E-state index contributed by atoms with van der Waals surface area (Å²) in [5, 5.41) is 0. The van der Waals surface area contributed by atoms with Crippen LogP contribution in [0.5, 0.6) is 11.5 Å². The van der Waals surface area contributed by atoms with Crippen molar-refractivity contribution in [3.8, 4) is 11.5 Å². The van der Waals surface area contributed by atoms with Crippen LogP contribution in [0.15, 0.2) is 48.5 Å². The number of nitrogens with two attached hydrogens (primary N) is 1. The van der Waals surface area contributed by atoms with E-state index in [1.165, 1.54) is 5.56 Å². The van der Waals surface area contributed by atoms with Crippen molar-refractivity contribution >= 4 is 5.69 Å². The number of rotatable bonds is 6. The van der Waals surface area contributed by atoms with Crippen molar-refractivity contribution in [2.45, 2.75) is 6.92 Å². The Morgan fingerprint density at radius 3 is 1.79 bits per heavy atom. The monoisotopic (exact) mass is 258 g/mol. The SMILES string of the molecule is Cc1ccc(OCCOc2ccc(NN)cc2)cc1. The van der Waals surface area contributed by atoms with Crippen LogP contribution in [0.3, 0.4) is 0 Å². The van der Waals surface area contributed by atoms with E-state index < -0.39 is 0 Å². The van der Waals surface area contributed by atoms with Crippen LogP contribution in [0, 0.1) is 6.92 Å². The fraction of sp³-hybridized carbons (Fsp3) is 0.200. The number of ether oxygens (including phenoxy) is 2. The van der Waals surface area contributed by atoms with Gasteiger partial charge in [-0.25, -0.2) is 0 Å². The van der Waals surface area contributed by atoms with Crippen molar-refractivity contribution in [1.29, 1.82) is 0 Å². The molecule has 0 saturated heterocycles. The number of hydrogen-bond donors (Lipinski definition) is 2. The lowest BCUT2D eigenvalue weighted by Crippen LogP contribution is -2.09.